The van der Waals surface area contributed by atoms with Gasteiger partial charge in [-0.15, -0.1) is 0 Å². The zero-order valence-electron chi connectivity index (χ0n) is 13.3. The highest BCUT2D eigenvalue weighted by molar-refractivity contribution is 5.44. The maximum absolute atomic E-state index is 10.5. The van der Waals surface area contributed by atoms with E-state index in [-0.39, 0.29) is 13.2 Å². The normalized spacial score (nSPS) is 11.6. The molecule has 0 unspecified atom stereocenters. The van der Waals surface area contributed by atoms with Crippen LogP contribution in [0.15, 0.2) is 12.1 Å². The molecule has 0 aliphatic heterocycles. The number of phenols is 1. The molecule has 5 nitrogen and oxygen atoms in total. The van der Waals surface area contributed by atoms with Crippen LogP contribution in [-0.4, -0.2) is 65.5 Å². The van der Waals surface area contributed by atoms with E-state index < -0.39 is 0 Å². The highest BCUT2D eigenvalue weighted by Gasteiger charge is 2.13. The molecule has 0 spiro atoms. The van der Waals surface area contributed by atoms with Gasteiger partial charge in [0.15, 0.2) is 0 Å². The number of hydrogen-bond acceptors (Lipinski definition) is 5. The second-order valence-corrected chi connectivity index (χ2v) is 5.54. The van der Waals surface area contributed by atoms with Gasteiger partial charge in [-0.05, 0) is 26.1 Å². The standard InChI is InChI=1S/C16H28N2O3/c1-4-13-9-14(11-17(2)5-7-19)16(21)15(10-13)12-18(3)6-8-20/h9-10,19-21H,4-8,11-12H2,1-3H3. The Morgan fingerprint density at radius 1 is 0.905 bits per heavy atom. The molecule has 0 aliphatic carbocycles. The third-order valence-corrected chi connectivity index (χ3v) is 3.58. The van der Waals surface area contributed by atoms with E-state index in [1.165, 1.54) is 5.56 Å². The molecule has 21 heavy (non-hydrogen) atoms. The van der Waals surface area contributed by atoms with Crippen LogP contribution in [0.1, 0.15) is 23.6 Å². The Kier molecular flexibility index (Phi) is 7.67. The second-order valence-electron chi connectivity index (χ2n) is 5.54. The van der Waals surface area contributed by atoms with Crippen LogP contribution >= 0.6 is 0 Å². The lowest BCUT2D eigenvalue weighted by Gasteiger charge is -2.21. The van der Waals surface area contributed by atoms with Gasteiger partial charge in [0.25, 0.3) is 0 Å². The van der Waals surface area contributed by atoms with Gasteiger partial charge < -0.3 is 15.3 Å². The van der Waals surface area contributed by atoms with Crippen LogP contribution in [0.5, 0.6) is 5.75 Å². The molecule has 0 bridgehead atoms. The lowest BCUT2D eigenvalue weighted by molar-refractivity contribution is 0.213. The van der Waals surface area contributed by atoms with Gasteiger partial charge in [-0.3, -0.25) is 9.80 Å². The second kappa shape index (κ2) is 9.00. The maximum Gasteiger partial charge on any atom is 0.124 e. The highest BCUT2D eigenvalue weighted by atomic mass is 16.3. The lowest BCUT2D eigenvalue weighted by Crippen LogP contribution is -2.23. The molecule has 0 aliphatic rings. The van der Waals surface area contributed by atoms with Crippen molar-refractivity contribution >= 4 is 0 Å². The van der Waals surface area contributed by atoms with Crippen LogP contribution in [0.3, 0.4) is 0 Å². The van der Waals surface area contributed by atoms with E-state index in [1.54, 1.807) is 0 Å². The van der Waals surface area contributed by atoms with Crippen molar-refractivity contribution in [3.63, 3.8) is 0 Å². The number of phenolic OH excluding ortho intramolecular Hbond substituents is 1. The number of nitrogens with zero attached hydrogens (tertiary/aromatic N) is 2. The number of aliphatic hydroxyl groups excluding tert-OH is 2. The molecule has 3 N–H and O–H groups in total. The molecule has 0 aromatic heterocycles. The summed E-state index contributed by atoms with van der Waals surface area (Å²) < 4.78 is 0. The summed E-state index contributed by atoms with van der Waals surface area (Å²) in [6, 6.07) is 4.05. The molecule has 0 saturated carbocycles. The highest BCUT2D eigenvalue weighted by Crippen LogP contribution is 2.27. The minimum absolute atomic E-state index is 0.108. The van der Waals surface area contributed by atoms with Crippen molar-refractivity contribution in [3.05, 3.63) is 28.8 Å². The van der Waals surface area contributed by atoms with E-state index >= 15 is 0 Å². The van der Waals surface area contributed by atoms with Gasteiger partial charge in [-0.2, -0.15) is 0 Å². The maximum atomic E-state index is 10.5. The summed E-state index contributed by atoms with van der Waals surface area (Å²) in [6.45, 7) is 4.68. The zero-order chi connectivity index (χ0) is 15.8. The molecular formula is C16H28N2O3. The van der Waals surface area contributed by atoms with Gasteiger partial charge in [0, 0.05) is 37.3 Å². The van der Waals surface area contributed by atoms with Crippen molar-refractivity contribution in [2.45, 2.75) is 26.4 Å². The van der Waals surface area contributed by atoms with E-state index in [0.717, 1.165) is 17.5 Å². The van der Waals surface area contributed by atoms with Crippen molar-refractivity contribution < 1.29 is 15.3 Å². The number of likely N-dealkylation sites (N-methyl/N-ethyl adjacent to an activating group) is 2. The molecule has 0 atom stereocenters. The van der Waals surface area contributed by atoms with Gasteiger partial charge in [-0.1, -0.05) is 19.1 Å². The minimum atomic E-state index is 0.108. The molecule has 0 heterocycles. The van der Waals surface area contributed by atoms with E-state index in [9.17, 15) is 5.11 Å². The lowest BCUT2D eigenvalue weighted by atomic mass is 10.0. The Balaban J connectivity index is 2.97. The molecule has 5 heteroatoms. The van der Waals surface area contributed by atoms with Gasteiger partial charge in [-0.25, -0.2) is 0 Å². The first-order valence-electron chi connectivity index (χ1n) is 7.44. The fourth-order valence-electron chi connectivity index (χ4n) is 2.36. The molecule has 1 aromatic rings. The van der Waals surface area contributed by atoms with Gasteiger partial charge >= 0.3 is 0 Å². The molecule has 0 radical (unpaired) electrons. The third-order valence-electron chi connectivity index (χ3n) is 3.58. The number of rotatable bonds is 9. The van der Waals surface area contributed by atoms with Crippen LogP contribution < -0.4 is 0 Å². The van der Waals surface area contributed by atoms with Crippen molar-refractivity contribution in [1.82, 2.24) is 9.80 Å². The Morgan fingerprint density at radius 3 is 1.67 bits per heavy atom. The Morgan fingerprint density at radius 2 is 1.33 bits per heavy atom. The molecular weight excluding hydrogens is 268 g/mol. The van der Waals surface area contributed by atoms with Crippen molar-refractivity contribution in [2.75, 3.05) is 40.4 Å². The first-order chi connectivity index (χ1) is 10.0. The first kappa shape index (κ1) is 17.9. The smallest absolute Gasteiger partial charge is 0.124 e. The molecule has 120 valence electrons. The average molecular weight is 296 g/mol. The van der Waals surface area contributed by atoms with Crippen LogP contribution in [0.2, 0.25) is 0 Å². The third kappa shape index (κ3) is 5.63. The minimum Gasteiger partial charge on any atom is -0.507 e. The SMILES string of the molecule is CCc1cc(CN(C)CCO)c(O)c(CN(C)CCO)c1. The summed E-state index contributed by atoms with van der Waals surface area (Å²) in [7, 11) is 3.84. The van der Waals surface area contributed by atoms with Crippen molar-refractivity contribution in [1.29, 1.82) is 0 Å². The fourth-order valence-corrected chi connectivity index (χ4v) is 2.36. The van der Waals surface area contributed by atoms with Gasteiger partial charge in [0.05, 0.1) is 13.2 Å². The Labute approximate surface area is 127 Å². The molecule has 0 fully saturated rings. The van der Waals surface area contributed by atoms with Gasteiger partial charge in [0.1, 0.15) is 5.75 Å². The van der Waals surface area contributed by atoms with Crippen LogP contribution in [0.25, 0.3) is 0 Å². The summed E-state index contributed by atoms with van der Waals surface area (Å²) in [4.78, 5) is 3.96. The fraction of sp³-hybridized carbons (Fsp3) is 0.625. The van der Waals surface area contributed by atoms with E-state index in [4.69, 9.17) is 10.2 Å². The first-order valence-corrected chi connectivity index (χ1v) is 7.44. The molecule has 1 aromatic carbocycles. The number of aliphatic hydroxyl groups is 2. The summed E-state index contributed by atoms with van der Waals surface area (Å²) >= 11 is 0. The average Bonchev–Trinajstić information content (AvgIpc) is 2.43. The topological polar surface area (TPSA) is 67.2 Å². The predicted octanol–water partition coefficient (Wildman–Crippen LogP) is 0.803. The van der Waals surface area contributed by atoms with E-state index in [1.807, 2.05) is 36.0 Å². The Bertz CT molecular complexity index is 403. The number of benzene rings is 1. The van der Waals surface area contributed by atoms with Gasteiger partial charge in [0.2, 0.25) is 0 Å². The Hall–Kier alpha value is -1.14. The quantitative estimate of drug-likeness (QED) is 0.629. The zero-order valence-corrected chi connectivity index (χ0v) is 13.3. The van der Waals surface area contributed by atoms with E-state index in [2.05, 4.69) is 6.92 Å². The molecule has 0 amide bonds. The van der Waals surface area contributed by atoms with Crippen LogP contribution in [0.4, 0.5) is 0 Å². The summed E-state index contributed by atoms with van der Waals surface area (Å²) in [5, 5.41) is 28.4. The number of aryl methyl sites for hydroxylation is 1. The summed E-state index contributed by atoms with van der Waals surface area (Å²) in [6.07, 6.45) is 0.910. The predicted molar refractivity (Wildman–Crippen MR) is 84.3 cm³/mol. The van der Waals surface area contributed by atoms with Crippen LogP contribution in [0, 0.1) is 0 Å². The largest absolute Gasteiger partial charge is 0.507 e. The number of hydrogen-bond donors (Lipinski definition) is 3. The molecule has 1 rings (SSSR count). The summed E-state index contributed by atoms with van der Waals surface area (Å²) in [5.74, 6) is 0.321. The molecule has 0 saturated heterocycles. The monoisotopic (exact) mass is 296 g/mol. The van der Waals surface area contributed by atoms with Crippen molar-refractivity contribution in [3.8, 4) is 5.75 Å². The van der Waals surface area contributed by atoms with Crippen LogP contribution in [-0.2, 0) is 19.5 Å². The number of aromatic hydroxyl groups is 1. The summed E-state index contributed by atoms with van der Waals surface area (Å²) in [5.41, 5.74) is 2.96. The van der Waals surface area contributed by atoms with E-state index in [0.29, 0.717) is 31.9 Å². The van der Waals surface area contributed by atoms with Crippen molar-refractivity contribution in [2.24, 2.45) is 0 Å².